The van der Waals surface area contributed by atoms with Crippen molar-refractivity contribution in [3.63, 3.8) is 0 Å². The van der Waals surface area contributed by atoms with Crippen LogP contribution in [0.4, 0.5) is 4.39 Å². The van der Waals surface area contributed by atoms with Crippen molar-refractivity contribution in [2.45, 2.75) is 26.8 Å². The molecule has 1 fully saturated rings. The highest BCUT2D eigenvalue weighted by atomic mass is 19.1. The van der Waals surface area contributed by atoms with E-state index in [-0.39, 0.29) is 23.9 Å². The highest BCUT2D eigenvalue weighted by Gasteiger charge is 2.37. The molecule has 0 aliphatic carbocycles. The highest BCUT2D eigenvalue weighted by molar-refractivity contribution is 5.28. The van der Waals surface area contributed by atoms with Gasteiger partial charge in [0.05, 0.1) is 0 Å². The van der Waals surface area contributed by atoms with E-state index < -0.39 is 0 Å². The SMILES string of the molecule is Cc1ccc([C@H](N2CCNCC2)C(C)(C)CO)c(F)c1. The third kappa shape index (κ3) is 3.19. The largest absolute Gasteiger partial charge is 0.396 e. The maximum Gasteiger partial charge on any atom is 0.128 e. The van der Waals surface area contributed by atoms with Crippen LogP contribution in [-0.4, -0.2) is 42.8 Å². The Labute approximate surface area is 120 Å². The Bertz CT molecular complexity index is 456. The molecule has 0 spiro atoms. The molecule has 20 heavy (non-hydrogen) atoms. The van der Waals surface area contributed by atoms with E-state index in [2.05, 4.69) is 10.2 Å². The van der Waals surface area contributed by atoms with Crippen molar-refractivity contribution in [2.24, 2.45) is 5.41 Å². The lowest BCUT2D eigenvalue weighted by Gasteiger charge is -2.43. The van der Waals surface area contributed by atoms with Gasteiger partial charge in [-0.05, 0) is 18.6 Å². The maximum atomic E-state index is 14.4. The van der Waals surface area contributed by atoms with E-state index in [1.807, 2.05) is 32.9 Å². The van der Waals surface area contributed by atoms with Gasteiger partial charge in [0.15, 0.2) is 0 Å². The molecule has 1 aromatic rings. The lowest BCUT2D eigenvalue weighted by atomic mass is 9.79. The third-order valence-corrected chi connectivity index (χ3v) is 4.12. The van der Waals surface area contributed by atoms with Gasteiger partial charge in [0.25, 0.3) is 0 Å². The number of nitrogens with one attached hydrogen (secondary N) is 1. The molecule has 3 nitrogen and oxygen atoms in total. The van der Waals surface area contributed by atoms with Gasteiger partial charge in [-0.25, -0.2) is 4.39 Å². The van der Waals surface area contributed by atoms with Crippen LogP contribution in [0.3, 0.4) is 0 Å². The number of hydrogen-bond donors (Lipinski definition) is 2. The molecule has 0 bridgehead atoms. The van der Waals surface area contributed by atoms with Gasteiger partial charge in [-0.15, -0.1) is 0 Å². The minimum absolute atomic E-state index is 0.0366. The van der Waals surface area contributed by atoms with Gasteiger partial charge in [-0.2, -0.15) is 0 Å². The number of benzene rings is 1. The smallest absolute Gasteiger partial charge is 0.128 e. The monoisotopic (exact) mass is 280 g/mol. The molecule has 0 radical (unpaired) electrons. The Morgan fingerprint density at radius 3 is 2.55 bits per heavy atom. The van der Waals surface area contributed by atoms with Gasteiger partial charge in [0.1, 0.15) is 5.82 Å². The number of aryl methyl sites for hydroxylation is 1. The molecule has 1 aliphatic heterocycles. The zero-order chi connectivity index (χ0) is 14.8. The van der Waals surface area contributed by atoms with Crippen LogP contribution in [-0.2, 0) is 0 Å². The average Bonchev–Trinajstić information content (AvgIpc) is 2.43. The highest BCUT2D eigenvalue weighted by Crippen LogP contribution is 2.39. The van der Waals surface area contributed by atoms with Crippen LogP contribution in [0.25, 0.3) is 0 Å². The Morgan fingerprint density at radius 1 is 1.35 bits per heavy atom. The summed E-state index contributed by atoms with van der Waals surface area (Å²) in [6.45, 7) is 9.50. The molecule has 1 aromatic carbocycles. The summed E-state index contributed by atoms with van der Waals surface area (Å²) in [5.41, 5.74) is 1.23. The van der Waals surface area contributed by atoms with Crippen LogP contribution in [0.5, 0.6) is 0 Å². The normalized spacial score (nSPS) is 19.1. The molecule has 2 rings (SSSR count). The van der Waals surface area contributed by atoms with E-state index in [4.69, 9.17) is 0 Å². The zero-order valence-electron chi connectivity index (χ0n) is 12.6. The van der Waals surface area contributed by atoms with Gasteiger partial charge < -0.3 is 10.4 Å². The average molecular weight is 280 g/mol. The van der Waals surface area contributed by atoms with Gasteiger partial charge in [0.2, 0.25) is 0 Å². The first kappa shape index (κ1) is 15.4. The van der Waals surface area contributed by atoms with Crippen molar-refractivity contribution in [1.82, 2.24) is 10.2 Å². The summed E-state index contributed by atoms with van der Waals surface area (Å²) in [7, 11) is 0. The predicted molar refractivity (Wildman–Crippen MR) is 79.2 cm³/mol. The lowest BCUT2D eigenvalue weighted by molar-refractivity contribution is 0.0286. The van der Waals surface area contributed by atoms with E-state index >= 15 is 0 Å². The van der Waals surface area contributed by atoms with Gasteiger partial charge >= 0.3 is 0 Å². The van der Waals surface area contributed by atoms with Gasteiger partial charge in [0, 0.05) is 49.8 Å². The first-order valence-electron chi connectivity index (χ1n) is 7.27. The van der Waals surface area contributed by atoms with Gasteiger partial charge in [-0.1, -0.05) is 26.0 Å². The molecular weight excluding hydrogens is 255 g/mol. The molecule has 1 atom stereocenters. The third-order valence-electron chi connectivity index (χ3n) is 4.12. The Balaban J connectivity index is 2.39. The van der Waals surface area contributed by atoms with E-state index in [0.29, 0.717) is 5.56 Å². The summed E-state index contributed by atoms with van der Waals surface area (Å²) >= 11 is 0. The predicted octanol–water partition coefficient (Wildman–Crippen LogP) is 2.10. The second kappa shape index (κ2) is 6.20. The first-order chi connectivity index (χ1) is 9.45. The minimum atomic E-state index is -0.382. The van der Waals surface area contributed by atoms with E-state index in [0.717, 1.165) is 31.7 Å². The molecule has 4 heteroatoms. The maximum absolute atomic E-state index is 14.4. The number of piperazine rings is 1. The standard InChI is InChI=1S/C16H25FN2O/c1-12-4-5-13(14(17)10-12)15(16(2,3)11-20)19-8-6-18-7-9-19/h4-5,10,15,18,20H,6-9,11H2,1-3H3/t15-/m0/s1. The Morgan fingerprint density at radius 2 is 2.00 bits per heavy atom. The molecule has 112 valence electrons. The number of aliphatic hydroxyl groups excluding tert-OH is 1. The van der Waals surface area contributed by atoms with Crippen molar-refractivity contribution in [1.29, 1.82) is 0 Å². The summed E-state index contributed by atoms with van der Waals surface area (Å²) in [5.74, 6) is -0.171. The molecule has 0 amide bonds. The molecule has 0 unspecified atom stereocenters. The number of nitrogens with zero attached hydrogens (tertiary/aromatic N) is 1. The molecule has 0 saturated carbocycles. The van der Waals surface area contributed by atoms with Crippen LogP contribution < -0.4 is 5.32 Å². The van der Waals surface area contributed by atoms with Crippen LogP contribution in [0.1, 0.15) is 31.0 Å². The summed E-state index contributed by atoms with van der Waals surface area (Å²) in [5, 5.41) is 13.1. The summed E-state index contributed by atoms with van der Waals surface area (Å²) in [6, 6.07) is 5.29. The van der Waals surface area contributed by atoms with Crippen LogP contribution in [0.15, 0.2) is 18.2 Å². The summed E-state index contributed by atoms with van der Waals surface area (Å²) in [6.07, 6.45) is 0. The Hall–Kier alpha value is -0.970. The van der Waals surface area contributed by atoms with Crippen molar-refractivity contribution in [2.75, 3.05) is 32.8 Å². The van der Waals surface area contributed by atoms with Gasteiger partial charge in [-0.3, -0.25) is 4.90 Å². The van der Waals surface area contributed by atoms with E-state index in [9.17, 15) is 9.50 Å². The van der Waals surface area contributed by atoms with E-state index in [1.54, 1.807) is 6.07 Å². The van der Waals surface area contributed by atoms with Crippen molar-refractivity contribution < 1.29 is 9.50 Å². The van der Waals surface area contributed by atoms with Crippen molar-refractivity contribution >= 4 is 0 Å². The second-order valence-electron chi connectivity index (χ2n) is 6.36. The van der Waals surface area contributed by atoms with Crippen LogP contribution >= 0.6 is 0 Å². The summed E-state index contributed by atoms with van der Waals surface area (Å²) in [4.78, 5) is 2.28. The second-order valence-corrected chi connectivity index (χ2v) is 6.36. The summed E-state index contributed by atoms with van der Waals surface area (Å²) < 4.78 is 14.4. The van der Waals surface area contributed by atoms with Crippen molar-refractivity contribution in [3.05, 3.63) is 35.1 Å². The molecule has 1 aliphatic rings. The minimum Gasteiger partial charge on any atom is -0.396 e. The van der Waals surface area contributed by atoms with Crippen molar-refractivity contribution in [3.8, 4) is 0 Å². The number of aliphatic hydroxyl groups is 1. The fourth-order valence-corrected chi connectivity index (χ4v) is 2.99. The van der Waals surface area contributed by atoms with Crippen LogP contribution in [0, 0.1) is 18.2 Å². The van der Waals surface area contributed by atoms with Crippen LogP contribution in [0.2, 0.25) is 0 Å². The number of rotatable bonds is 4. The zero-order valence-corrected chi connectivity index (χ0v) is 12.6. The number of hydrogen-bond acceptors (Lipinski definition) is 3. The molecule has 2 N–H and O–H groups in total. The molecule has 1 saturated heterocycles. The molecule has 0 aromatic heterocycles. The fourth-order valence-electron chi connectivity index (χ4n) is 2.99. The molecule has 1 heterocycles. The quantitative estimate of drug-likeness (QED) is 0.886. The number of halogens is 1. The fraction of sp³-hybridized carbons (Fsp3) is 0.625. The topological polar surface area (TPSA) is 35.5 Å². The van der Waals surface area contributed by atoms with E-state index in [1.165, 1.54) is 0 Å². The molecular formula is C16H25FN2O. The Kier molecular flexibility index (Phi) is 4.78. The first-order valence-corrected chi connectivity index (χ1v) is 7.27. The lowest BCUT2D eigenvalue weighted by Crippen LogP contribution is -2.49.